The molecule has 0 spiro atoms. The zero-order chi connectivity index (χ0) is 19.7. The lowest BCUT2D eigenvalue weighted by Gasteiger charge is -2.22. The van der Waals surface area contributed by atoms with Crippen molar-refractivity contribution in [2.45, 2.75) is 47.5 Å². The topological polar surface area (TPSA) is 12.0 Å². The first-order valence-corrected chi connectivity index (χ1v) is 9.54. The fourth-order valence-electron chi connectivity index (χ4n) is 2.58. The molecule has 1 N–H and O–H groups in total. The average Bonchev–Trinajstić information content (AvgIpc) is 3.01. The van der Waals surface area contributed by atoms with Crippen LogP contribution < -0.4 is 5.32 Å². The maximum absolute atomic E-state index is 5.13. The fourth-order valence-corrected chi connectivity index (χ4v) is 2.88. The van der Waals surface area contributed by atoms with Crippen molar-refractivity contribution >= 4 is 17.2 Å². The van der Waals surface area contributed by atoms with Crippen LogP contribution in [0.2, 0.25) is 0 Å². The molecule has 26 heavy (non-hydrogen) atoms. The Hall–Kier alpha value is -2.19. The van der Waals surface area contributed by atoms with Gasteiger partial charge in [-0.15, -0.1) is 0 Å². The molecule has 0 aromatic heterocycles. The summed E-state index contributed by atoms with van der Waals surface area (Å²) in [4.78, 5) is 0.807. The molecule has 2 aliphatic rings. The van der Waals surface area contributed by atoms with Gasteiger partial charge in [0.05, 0.1) is 4.99 Å². The van der Waals surface area contributed by atoms with Gasteiger partial charge in [-0.1, -0.05) is 92.3 Å². The summed E-state index contributed by atoms with van der Waals surface area (Å²) in [5.41, 5.74) is 8.38. The average molecular weight is 366 g/mol. The van der Waals surface area contributed by atoms with Crippen molar-refractivity contribution in [2.75, 3.05) is 0 Å². The Morgan fingerprint density at radius 1 is 0.923 bits per heavy atom. The van der Waals surface area contributed by atoms with Gasteiger partial charge in [0, 0.05) is 17.7 Å². The van der Waals surface area contributed by atoms with Crippen LogP contribution in [0.15, 0.2) is 83.6 Å². The number of hydrogen-bond donors (Lipinski definition) is 1. The van der Waals surface area contributed by atoms with E-state index in [1.54, 1.807) is 0 Å². The van der Waals surface area contributed by atoms with E-state index in [-0.39, 0.29) is 0 Å². The first-order valence-electron chi connectivity index (χ1n) is 9.13. The molecule has 0 bridgehead atoms. The largest absolute Gasteiger partial charge is 0.350 e. The van der Waals surface area contributed by atoms with Gasteiger partial charge in [0.15, 0.2) is 0 Å². The van der Waals surface area contributed by atoms with E-state index in [1.165, 1.54) is 22.3 Å². The van der Waals surface area contributed by atoms with Crippen LogP contribution in [-0.2, 0) is 0 Å². The molecule has 1 saturated heterocycles. The molecular weight excluding hydrogens is 334 g/mol. The summed E-state index contributed by atoms with van der Waals surface area (Å²) >= 11 is 5.13. The number of allylic oxidation sites excluding steroid dienone is 6. The molecule has 0 unspecified atom stereocenters. The van der Waals surface area contributed by atoms with Crippen molar-refractivity contribution in [2.24, 2.45) is 0 Å². The smallest absolute Gasteiger partial charge is 0.0841 e. The molecule has 1 aliphatic carbocycles. The van der Waals surface area contributed by atoms with Crippen LogP contribution in [0.3, 0.4) is 0 Å². The highest BCUT2D eigenvalue weighted by Crippen LogP contribution is 2.28. The molecule has 1 heterocycles. The van der Waals surface area contributed by atoms with E-state index in [9.17, 15) is 0 Å². The zero-order valence-electron chi connectivity index (χ0n) is 16.8. The lowest BCUT2D eigenvalue weighted by Crippen LogP contribution is -2.27. The van der Waals surface area contributed by atoms with E-state index in [0.717, 1.165) is 34.7 Å². The minimum atomic E-state index is 0.736. The van der Waals surface area contributed by atoms with E-state index in [1.807, 2.05) is 13.8 Å². The Balaban J connectivity index is 0.000000284. The summed E-state index contributed by atoms with van der Waals surface area (Å²) in [5, 5.41) is 3.11. The van der Waals surface area contributed by atoms with Crippen molar-refractivity contribution in [3.8, 4) is 0 Å². The van der Waals surface area contributed by atoms with Crippen LogP contribution in [0, 0.1) is 13.8 Å². The van der Waals surface area contributed by atoms with Crippen molar-refractivity contribution in [3.05, 3.63) is 94.8 Å². The van der Waals surface area contributed by atoms with Crippen molar-refractivity contribution in [1.29, 1.82) is 0 Å². The molecule has 1 nitrogen and oxygen atoms in total. The van der Waals surface area contributed by atoms with Crippen LogP contribution >= 0.6 is 12.2 Å². The van der Waals surface area contributed by atoms with Gasteiger partial charge in [-0.05, 0) is 44.4 Å². The summed E-state index contributed by atoms with van der Waals surface area (Å²) < 4.78 is 0. The second-order valence-electron chi connectivity index (χ2n) is 6.45. The Bertz CT molecular complexity index is 715. The SMILES string of the molecule is C=C1CC(=S)NC(=C)/C1=C\C1=CC=C(C)C1.CC.Cc1ccc(C)cc1. The molecule has 0 saturated carbocycles. The first-order chi connectivity index (χ1) is 12.3. The van der Waals surface area contributed by atoms with Gasteiger partial charge in [0.25, 0.3) is 0 Å². The lowest BCUT2D eigenvalue weighted by molar-refractivity contribution is 1.05. The number of benzene rings is 1. The molecule has 1 aliphatic heterocycles. The van der Waals surface area contributed by atoms with Crippen LogP contribution in [0.25, 0.3) is 0 Å². The highest BCUT2D eigenvalue weighted by molar-refractivity contribution is 7.80. The second-order valence-corrected chi connectivity index (χ2v) is 6.94. The Labute approximate surface area is 164 Å². The van der Waals surface area contributed by atoms with Gasteiger partial charge >= 0.3 is 0 Å². The highest BCUT2D eigenvalue weighted by atomic mass is 32.1. The van der Waals surface area contributed by atoms with Gasteiger partial charge in [-0.25, -0.2) is 0 Å². The lowest BCUT2D eigenvalue weighted by atomic mass is 9.95. The van der Waals surface area contributed by atoms with Crippen LogP contribution in [0.4, 0.5) is 0 Å². The summed E-state index contributed by atoms with van der Waals surface area (Å²) in [6.45, 7) is 18.4. The quantitative estimate of drug-likeness (QED) is 0.543. The monoisotopic (exact) mass is 365 g/mol. The van der Waals surface area contributed by atoms with E-state index in [0.29, 0.717) is 0 Å². The maximum atomic E-state index is 5.13. The van der Waals surface area contributed by atoms with Crippen molar-refractivity contribution in [3.63, 3.8) is 0 Å². The number of aryl methyl sites for hydroxylation is 2. The van der Waals surface area contributed by atoms with Crippen LogP contribution in [-0.4, -0.2) is 4.99 Å². The predicted octanol–water partition coefficient (Wildman–Crippen LogP) is 6.91. The third-order valence-electron chi connectivity index (χ3n) is 3.98. The number of thiocarbonyl (C=S) groups is 1. The first kappa shape index (κ1) is 21.9. The minimum Gasteiger partial charge on any atom is -0.350 e. The molecule has 1 fully saturated rings. The minimum absolute atomic E-state index is 0.736. The predicted molar refractivity (Wildman–Crippen MR) is 120 cm³/mol. The molecule has 2 heteroatoms. The number of piperidine rings is 1. The van der Waals surface area contributed by atoms with Gasteiger partial charge in [-0.3, -0.25) is 0 Å². The van der Waals surface area contributed by atoms with Crippen molar-refractivity contribution in [1.82, 2.24) is 5.32 Å². The van der Waals surface area contributed by atoms with E-state index >= 15 is 0 Å². The van der Waals surface area contributed by atoms with Gasteiger partial charge in [0.1, 0.15) is 0 Å². The third kappa shape index (κ3) is 6.97. The summed E-state index contributed by atoms with van der Waals surface area (Å²) in [6, 6.07) is 8.48. The van der Waals surface area contributed by atoms with E-state index < -0.39 is 0 Å². The maximum Gasteiger partial charge on any atom is 0.0841 e. The fraction of sp³-hybridized carbons (Fsp3) is 0.292. The second kappa shape index (κ2) is 10.7. The molecule has 0 amide bonds. The normalized spacial score (nSPS) is 17.4. The molecule has 1 aromatic rings. The zero-order valence-corrected chi connectivity index (χ0v) is 17.6. The number of rotatable bonds is 1. The Morgan fingerprint density at radius 3 is 1.88 bits per heavy atom. The van der Waals surface area contributed by atoms with Gasteiger partial charge < -0.3 is 5.32 Å². The summed E-state index contributed by atoms with van der Waals surface area (Å²) in [7, 11) is 0. The molecular formula is C24H31NS. The van der Waals surface area contributed by atoms with E-state index in [2.05, 4.69) is 81.7 Å². The number of hydrogen-bond acceptors (Lipinski definition) is 1. The molecule has 3 rings (SSSR count). The third-order valence-corrected chi connectivity index (χ3v) is 4.23. The van der Waals surface area contributed by atoms with Gasteiger partial charge in [0.2, 0.25) is 0 Å². The molecule has 0 atom stereocenters. The molecule has 0 radical (unpaired) electrons. The Morgan fingerprint density at radius 2 is 1.46 bits per heavy atom. The number of nitrogens with one attached hydrogen (secondary N) is 1. The van der Waals surface area contributed by atoms with Crippen molar-refractivity contribution < 1.29 is 0 Å². The highest BCUT2D eigenvalue weighted by Gasteiger charge is 2.17. The molecule has 1 aromatic carbocycles. The van der Waals surface area contributed by atoms with E-state index in [4.69, 9.17) is 12.2 Å². The summed E-state index contributed by atoms with van der Waals surface area (Å²) in [6.07, 6.45) is 8.22. The van der Waals surface area contributed by atoms with Crippen LogP contribution in [0.1, 0.15) is 44.7 Å². The Kier molecular flexibility index (Phi) is 9.01. The molecule has 138 valence electrons. The summed E-state index contributed by atoms with van der Waals surface area (Å²) in [5.74, 6) is 0. The van der Waals surface area contributed by atoms with Crippen LogP contribution in [0.5, 0.6) is 0 Å². The standard InChI is InChI=1S/C14H15NS.C8H10.C2H6/c1-9-4-5-12(6-9)8-13-10(2)7-14(16)15-11(13)3;1-7-3-5-8(2)6-4-7;1-2/h4-5,8H,2-3,6-7H2,1H3,(H,15,16);3-6H,1-2H3;1-2H3/b13-8-;;. The van der Waals surface area contributed by atoms with Gasteiger partial charge in [-0.2, -0.15) is 0 Å².